The standard InChI is InChI=1S/C14H26O2/c1-4-5-6-7-8-9-10-12(2)13(3)11-14(15)16/h11-12H,4-10H2,1-3H3,(H,15,16). The number of carboxylic acids is 1. The summed E-state index contributed by atoms with van der Waals surface area (Å²) in [7, 11) is 0. The van der Waals surface area contributed by atoms with Crippen molar-refractivity contribution in [1.82, 2.24) is 0 Å². The molecule has 0 heterocycles. The lowest BCUT2D eigenvalue weighted by molar-refractivity contribution is -0.131. The van der Waals surface area contributed by atoms with Crippen molar-refractivity contribution in [2.45, 2.75) is 65.7 Å². The van der Waals surface area contributed by atoms with E-state index in [1.54, 1.807) is 0 Å². The van der Waals surface area contributed by atoms with Crippen molar-refractivity contribution in [1.29, 1.82) is 0 Å². The topological polar surface area (TPSA) is 37.3 Å². The third-order valence-electron chi connectivity index (χ3n) is 3.12. The monoisotopic (exact) mass is 226 g/mol. The summed E-state index contributed by atoms with van der Waals surface area (Å²) in [6.45, 7) is 6.25. The Balaban J connectivity index is 3.57. The fraction of sp³-hybridized carbons (Fsp3) is 0.786. The van der Waals surface area contributed by atoms with Crippen molar-refractivity contribution in [3.8, 4) is 0 Å². The molecule has 0 aliphatic rings. The molecule has 0 saturated carbocycles. The summed E-state index contributed by atoms with van der Waals surface area (Å²) in [6.07, 6.45) is 10.2. The van der Waals surface area contributed by atoms with Gasteiger partial charge in [0, 0.05) is 6.08 Å². The van der Waals surface area contributed by atoms with Gasteiger partial charge in [-0.2, -0.15) is 0 Å². The molecular formula is C14H26O2. The molecule has 0 aliphatic heterocycles. The van der Waals surface area contributed by atoms with Gasteiger partial charge < -0.3 is 5.11 Å². The van der Waals surface area contributed by atoms with Crippen LogP contribution in [0.3, 0.4) is 0 Å². The third-order valence-corrected chi connectivity index (χ3v) is 3.12. The van der Waals surface area contributed by atoms with Gasteiger partial charge in [-0.1, -0.05) is 57.9 Å². The highest BCUT2D eigenvalue weighted by molar-refractivity contribution is 5.80. The largest absolute Gasteiger partial charge is 0.478 e. The molecule has 0 amide bonds. The number of aliphatic carboxylic acids is 1. The quantitative estimate of drug-likeness (QED) is 0.467. The number of carboxylic acid groups (broad SMARTS) is 1. The van der Waals surface area contributed by atoms with Crippen LogP contribution >= 0.6 is 0 Å². The number of rotatable bonds is 9. The molecule has 94 valence electrons. The van der Waals surface area contributed by atoms with E-state index in [0.717, 1.165) is 12.0 Å². The van der Waals surface area contributed by atoms with Crippen LogP contribution in [0.2, 0.25) is 0 Å². The zero-order chi connectivity index (χ0) is 12.4. The van der Waals surface area contributed by atoms with E-state index in [4.69, 9.17) is 5.11 Å². The van der Waals surface area contributed by atoms with Gasteiger partial charge in [-0.25, -0.2) is 4.79 Å². The molecule has 0 aromatic heterocycles. The van der Waals surface area contributed by atoms with E-state index in [9.17, 15) is 4.79 Å². The molecule has 0 rings (SSSR count). The Morgan fingerprint density at radius 1 is 1.19 bits per heavy atom. The van der Waals surface area contributed by atoms with Crippen LogP contribution in [0.4, 0.5) is 0 Å². The first-order valence-electron chi connectivity index (χ1n) is 6.49. The average Bonchev–Trinajstić information content (AvgIpc) is 2.21. The second kappa shape index (κ2) is 9.44. The minimum Gasteiger partial charge on any atom is -0.478 e. The zero-order valence-electron chi connectivity index (χ0n) is 11.0. The zero-order valence-corrected chi connectivity index (χ0v) is 11.0. The first kappa shape index (κ1) is 15.2. The highest BCUT2D eigenvalue weighted by Crippen LogP contribution is 2.18. The predicted molar refractivity (Wildman–Crippen MR) is 68.5 cm³/mol. The summed E-state index contributed by atoms with van der Waals surface area (Å²) in [5, 5.41) is 8.63. The molecule has 1 unspecified atom stereocenters. The molecule has 0 fully saturated rings. The molecule has 0 aromatic rings. The number of unbranched alkanes of at least 4 members (excludes halogenated alkanes) is 5. The van der Waals surface area contributed by atoms with E-state index in [1.807, 2.05) is 6.92 Å². The van der Waals surface area contributed by atoms with E-state index >= 15 is 0 Å². The summed E-state index contributed by atoms with van der Waals surface area (Å²) in [6, 6.07) is 0. The van der Waals surface area contributed by atoms with Crippen molar-refractivity contribution in [3.63, 3.8) is 0 Å². The Morgan fingerprint density at radius 3 is 2.31 bits per heavy atom. The first-order valence-corrected chi connectivity index (χ1v) is 6.49. The molecule has 1 N–H and O–H groups in total. The van der Waals surface area contributed by atoms with E-state index < -0.39 is 5.97 Å². The molecule has 0 spiro atoms. The molecule has 0 aromatic carbocycles. The minimum absolute atomic E-state index is 0.405. The number of hydrogen-bond donors (Lipinski definition) is 1. The Morgan fingerprint density at radius 2 is 1.75 bits per heavy atom. The lowest BCUT2D eigenvalue weighted by Gasteiger charge is -2.11. The van der Waals surface area contributed by atoms with E-state index in [0.29, 0.717) is 5.92 Å². The van der Waals surface area contributed by atoms with Gasteiger partial charge >= 0.3 is 5.97 Å². The molecule has 0 saturated heterocycles. The van der Waals surface area contributed by atoms with Crippen molar-refractivity contribution in [2.24, 2.45) is 5.92 Å². The molecular weight excluding hydrogens is 200 g/mol. The van der Waals surface area contributed by atoms with Crippen molar-refractivity contribution in [3.05, 3.63) is 11.6 Å². The van der Waals surface area contributed by atoms with Crippen LogP contribution in [-0.2, 0) is 4.79 Å². The summed E-state index contributed by atoms with van der Waals surface area (Å²) in [5.74, 6) is -0.422. The Labute approximate surface area is 99.7 Å². The SMILES string of the molecule is CCCCCCCCC(C)C(C)=CC(=O)O. The second-order valence-corrected chi connectivity index (χ2v) is 4.68. The van der Waals surface area contributed by atoms with Gasteiger partial charge in [-0.3, -0.25) is 0 Å². The second-order valence-electron chi connectivity index (χ2n) is 4.68. The van der Waals surface area contributed by atoms with Crippen LogP contribution in [0.25, 0.3) is 0 Å². The average molecular weight is 226 g/mol. The number of hydrogen-bond acceptors (Lipinski definition) is 1. The molecule has 2 nitrogen and oxygen atoms in total. The normalized spacial score (nSPS) is 13.8. The Hall–Kier alpha value is -0.790. The maximum absolute atomic E-state index is 10.5. The van der Waals surface area contributed by atoms with Gasteiger partial charge in [0.1, 0.15) is 0 Å². The van der Waals surface area contributed by atoms with Gasteiger partial charge in [0.2, 0.25) is 0 Å². The molecule has 0 radical (unpaired) electrons. The summed E-state index contributed by atoms with van der Waals surface area (Å²) in [5.41, 5.74) is 0.987. The van der Waals surface area contributed by atoms with Crippen LogP contribution in [-0.4, -0.2) is 11.1 Å². The van der Waals surface area contributed by atoms with Gasteiger partial charge in [-0.15, -0.1) is 0 Å². The maximum Gasteiger partial charge on any atom is 0.328 e. The lowest BCUT2D eigenvalue weighted by Crippen LogP contribution is -2.00. The predicted octanol–water partition coefficient (Wildman–Crippen LogP) is 4.40. The van der Waals surface area contributed by atoms with Crippen molar-refractivity contribution >= 4 is 5.97 Å². The smallest absolute Gasteiger partial charge is 0.328 e. The van der Waals surface area contributed by atoms with Gasteiger partial charge in [-0.05, 0) is 19.3 Å². The molecule has 1 atom stereocenters. The van der Waals surface area contributed by atoms with Crippen LogP contribution in [0.5, 0.6) is 0 Å². The Kier molecular flexibility index (Phi) is 8.97. The van der Waals surface area contributed by atoms with Crippen molar-refractivity contribution in [2.75, 3.05) is 0 Å². The molecule has 2 heteroatoms. The van der Waals surface area contributed by atoms with Gasteiger partial charge in [0.25, 0.3) is 0 Å². The maximum atomic E-state index is 10.5. The van der Waals surface area contributed by atoms with Gasteiger partial charge in [0.15, 0.2) is 0 Å². The molecule has 0 aliphatic carbocycles. The Bertz CT molecular complexity index is 219. The van der Waals surface area contributed by atoms with Crippen molar-refractivity contribution < 1.29 is 9.90 Å². The van der Waals surface area contributed by atoms with Crippen LogP contribution in [0.1, 0.15) is 65.7 Å². The number of carbonyl (C=O) groups is 1. The molecule has 0 bridgehead atoms. The van der Waals surface area contributed by atoms with E-state index in [2.05, 4.69) is 13.8 Å². The van der Waals surface area contributed by atoms with Gasteiger partial charge in [0.05, 0.1) is 0 Å². The third kappa shape index (κ3) is 8.51. The summed E-state index contributed by atoms with van der Waals surface area (Å²) in [4.78, 5) is 10.5. The highest BCUT2D eigenvalue weighted by atomic mass is 16.4. The van der Waals surface area contributed by atoms with Crippen LogP contribution < -0.4 is 0 Å². The van der Waals surface area contributed by atoms with E-state index in [1.165, 1.54) is 44.6 Å². The number of allylic oxidation sites excluding steroid dienone is 1. The first-order chi connectivity index (χ1) is 7.57. The fourth-order valence-corrected chi connectivity index (χ4v) is 1.80. The van der Waals surface area contributed by atoms with E-state index in [-0.39, 0.29) is 0 Å². The van der Waals surface area contributed by atoms with Crippen LogP contribution in [0, 0.1) is 5.92 Å². The lowest BCUT2D eigenvalue weighted by atomic mass is 9.95. The fourth-order valence-electron chi connectivity index (χ4n) is 1.80. The van der Waals surface area contributed by atoms with Crippen LogP contribution in [0.15, 0.2) is 11.6 Å². The summed E-state index contributed by atoms with van der Waals surface area (Å²) >= 11 is 0. The molecule has 16 heavy (non-hydrogen) atoms. The highest BCUT2D eigenvalue weighted by Gasteiger charge is 2.05. The minimum atomic E-state index is -0.827. The summed E-state index contributed by atoms with van der Waals surface area (Å²) < 4.78 is 0.